The van der Waals surface area contributed by atoms with Gasteiger partial charge in [-0.3, -0.25) is 0 Å². The molecule has 1 aromatic rings. The molecule has 1 aliphatic rings. The molecule has 0 radical (unpaired) electrons. The zero-order valence-electron chi connectivity index (χ0n) is 10.4. The van der Waals surface area contributed by atoms with Crippen LogP contribution in [0, 0.1) is 17.2 Å². The first kappa shape index (κ1) is 13.2. The van der Waals surface area contributed by atoms with Crippen molar-refractivity contribution in [3.8, 4) is 6.07 Å². The fraction of sp³-hybridized carbons (Fsp3) is 0.500. The summed E-state index contributed by atoms with van der Waals surface area (Å²) in [6, 6.07) is 7.61. The van der Waals surface area contributed by atoms with Crippen LogP contribution in [0.4, 0.5) is 5.69 Å². The Labute approximate surface area is 113 Å². The number of nitriles is 1. The van der Waals surface area contributed by atoms with Gasteiger partial charge in [0.05, 0.1) is 16.7 Å². The van der Waals surface area contributed by atoms with E-state index in [0.29, 0.717) is 16.5 Å². The average molecular weight is 265 g/mol. The Kier molecular flexibility index (Phi) is 4.11. The van der Waals surface area contributed by atoms with Gasteiger partial charge in [-0.1, -0.05) is 11.6 Å². The standard InChI is InChI=1S/C14H17ClN2O/c1-10(18)11-4-6-17(7-5-11)13-3-2-12(9-16)14(15)8-13/h2-3,8,10-11,18H,4-7H2,1H3. The van der Waals surface area contributed by atoms with E-state index in [-0.39, 0.29) is 6.10 Å². The number of nitrogens with zero attached hydrogens (tertiary/aromatic N) is 2. The van der Waals surface area contributed by atoms with Gasteiger partial charge in [0, 0.05) is 18.8 Å². The third kappa shape index (κ3) is 2.77. The number of aliphatic hydroxyl groups is 1. The monoisotopic (exact) mass is 264 g/mol. The van der Waals surface area contributed by atoms with Crippen molar-refractivity contribution in [2.45, 2.75) is 25.9 Å². The molecule has 1 saturated heterocycles. The Bertz CT molecular complexity index is 459. The topological polar surface area (TPSA) is 47.3 Å². The molecule has 0 spiro atoms. The summed E-state index contributed by atoms with van der Waals surface area (Å²) in [5.74, 6) is 0.398. The van der Waals surface area contributed by atoms with E-state index in [1.165, 1.54) is 0 Å². The molecular weight excluding hydrogens is 248 g/mol. The number of hydrogen-bond acceptors (Lipinski definition) is 3. The number of anilines is 1. The summed E-state index contributed by atoms with van der Waals surface area (Å²) in [5.41, 5.74) is 1.57. The fourth-order valence-corrected chi connectivity index (χ4v) is 2.65. The highest BCUT2D eigenvalue weighted by Gasteiger charge is 2.22. The number of rotatable bonds is 2. The van der Waals surface area contributed by atoms with Crippen LogP contribution in [0.25, 0.3) is 0 Å². The van der Waals surface area contributed by atoms with Crippen molar-refractivity contribution in [1.29, 1.82) is 5.26 Å². The van der Waals surface area contributed by atoms with Crippen LogP contribution in [0.15, 0.2) is 18.2 Å². The Morgan fingerprint density at radius 1 is 1.44 bits per heavy atom. The lowest BCUT2D eigenvalue weighted by atomic mass is 9.92. The van der Waals surface area contributed by atoms with Crippen molar-refractivity contribution in [2.75, 3.05) is 18.0 Å². The lowest BCUT2D eigenvalue weighted by Crippen LogP contribution is -2.37. The predicted octanol–water partition coefficient (Wildman–Crippen LogP) is 2.81. The van der Waals surface area contributed by atoms with E-state index in [4.69, 9.17) is 16.9 Å². The van der Waals surface area contributed by atoms with Crippen molar-refractivity contribution in [1.82, 2.24) is 0 Å². The maximum atomic E-state index is 9.57. The first-order chi connectivity index (χ1) is 8.61. The van der Waals surface area contributed by atoms with Gasteiger partial charge in [0.1, 0.15) is 6.07 Å². The molecule has 0 aliphatic carbocycles. The molecule has 0 amide bonds. The number of benzene rings is 1. The summed E-state index contributed by atoms with van der Waals surface area (Å²) in [4.78, 5) is 2.26. The first-order valence-corrected chi connectivity index (χ1v) is 6.62. The Morgan fingerprint density at radius 2 is 2.11 bits per heavy atom. The van der Waals surface area contributed by atoms with E-state index < -0.39 is 0 Å². The van der Waals surface area contributed by atoms with Crippen molar-refractivity contribution < 1.29 is 5.11 Å². The third-order valence-electron chi connectivity index (χ3n) is 3.66. The van der Waals surface area contributed by atoms with E-state index >= 15 is 0 Å². The van der Waals surface area contributed by atoms with Gasteiger partial charge in [-0.05, 0) is 43.9 Å². The smallest absolute Gasteiger partial charge is 0.101 e. The fourth-order valence-electron chi connectivity index (χ4n) is 2.43. The summed E-state index contributed by atoms with van der Waals surface area (Å²) in [6.45, 7) is 3.72. The van der Waals surface area contributed by atoms with Gasteiger partial charge >= 0.3 is 0 Å². The molecule has 3 nitrogen and oxygen atoms in total. The van der Waals surface area contributed by atoms with Gasteiger partial charge in [-0.2, -0.15) is 5.26 Å². The van der Waals surface area contributed by atoms with Crippen molar-refractivity contribution in [3.63, 3.8) is 0 Å². The van der Waals surface area contributed by atoms with Crippen LogP contribution < -0.4 is 4.90 Å². The summed E-state index contributed by atoms with van der Waals surface area (Å²) in [7, 11) is 0. The van der Waals surface area contributed by atoms with E-state index in [9.17, 15) is 5.11 Å². The van der Waals surface area contributed by atoms with Crippen LogP contribution in [0.5, 0.6) is 0 Å². The van der Waals surface area contributed by atoms with Crippen molar-refractivity contribution in [3.05, 3.63) is 28.8 Å². The van der Waals surface area contributed by atoms with Crippen LogP contribution in [-0.4, -0.2) is 24.3 Å². The molecule has 4 heteroatoms. The minimum absolute atomic E-state index is 0.225. The summed E-state index contributed by atoms with van der Waals surface area (Å²) in [6.07, 6.45) is 1.77. The van der Waals surface area contributed by atoms with Crippen molar-refractivity contribution >= 4 is 17.3 Å². The molecule has 1 fully saturated rings. The summed E-state index contributed by atoms with van der Waals surface area (Å²) in [5, 5.41) is 18.9. The van der Waals surface area contributed by atoms with Gasteiger partial charge in [0.2, 0.25) is 0 Å². The molecule has 18 heavy (non-hydrogen) atoms. The second kappa shape index (κ2) is 5.60. The maximum absolute atomic E-state index is 9.57. The van der Waals surface area contributed by atoms with Crippen molar-refractivity contribution in [2.24, 2.45) is 5.92 Å². The number of piperidine rings is 1. The molecule has 0 saturated carbocycles. The quantitative estimate of drug-likeness (QED) is 0.894. The highest BCUT2D eigenvalue weighted by atomic mass is 35.5. The van der Waals surface area contributed by atoms with Gasteiger partial charge < -0.3 is 10.0 Å². The molecule has 1 atom stereocenters. The molecule has 2 rings (SSSR count). The largest absolute Gasteiger partial charge is 0.393 e. The number of halogens is 1. The summed E-state index contributed by atoms with van der Waals surface area (Å²) < 4.78 is 0. The van der Waals surface area contributed by atoms with Crippen LogP contribution in [0.3, 0.4) is 0 Å². The van der Waals surface area contributed by atoms with Crippen LogP contribution in [-0.2, 0) is 0 Å². The molecule has 1 heterocycles. The molecule has 1 unspecified atom stereocenters. The average Bonchev–Trinajstić information content (AvgIpc) is 2.38. The Morgan fingerprint density at radius 3 is 2.61 bits per heavy atom. The molecular formula is C14H17ClN2O. The Hall–Kier alpha value is -1.24. The van der Waals surface area contributed by atoms with Gasteiger partial charge in [0.25, 0.3) is 0 Å². The highest BCUT2D eigenvalue weighted by molar-refractivity contribution is 6.32. The zero-order valence-corrected chi connectivity index (χ0v) is 11.2. The van der Waals surface area contributed by atoms with Crippen LogP contribution in [0.2, 0.25) is 5.02 Å². The first-order valence-electron chi connectivity index (χ1n) is 6.24. The lowest BCUT2D eigenvalue weighted by molar-refractivity contribution is 0.110. The van der Waals surface area contributed by atoms with Gasteiger partial charge in [-0.15, -0.1) is 0 Å². The molecule has 0 aromatic heterocycles. The Balaban J connectivity index is 2.06. The molecule has 1 aliphatic heterocycles. The molecule has 0 bridgehead atoms. The van der Waals surface area contributed by atoms with E-state index in [0.717, 1.165) is 31.6 Å². The molecule has 1 aromatic carbocycles. The van der Waals surface area contributed by atoms with E-state index in [1.807, 2.05) is 19.1 Å². The van der Waals surface area contributed by atoms with E-state index in [1.54, 1.807) is 6.07 Å². The minimum atomic E-state index is -0.225. The minimum Gasteiger partial charge on any atom is -0.393 e. The second-order valence-corrected chi connectivity index (χ2v) is 5.25. The van der Waals surface area contributed by atoms with Crippen LogP contribution in [0.1, 0.15) is 25.3 Å². The number of aliphatic hydroxyl groups excluding tert-OH is 1. The molecule has 96 valence electrons. The second-order valence-electron chi connectivity index (χ2n) is 4.84. The normalized spacial score (nSPS) is 18.4. The zero-order chi connectivity index (χ0) is 13.1. The molecule has 1 N–H and O–H groups in total. The highest BCUT2D eigenvalue weighted by Crippen LogP contribution is 2.28. The van der Waals surface area contributed by atoms with Gasteiger partial charge in [0.15, 0.2) is 0 Å². The van der Waals surface area contributed by atoms with Gasteiger partial charge in [-0.25, -0.2) is 0 Å². The predicted molar refractivity (Wildman–Crippen MR) is 72.8 cm³/mol. The van der Waals surface area contributed by atoms with E-state index in [2.05, 4.69) is 11.0 Å². The number of hydrogen-bond donors (Lipinski definition) is 1. The summed E-state index contributed by atoms with van der Waals surface area (Å²) >= 11 is 6.04. The third-order valence-corrected chi connectivity index (χ3v) is 3.97. The SMILES string of the molecule is CC(O)C1CCN(c2ccc(C#N)c(Cl)c2)CC1. The lowest BCUT2D eigenvalue weighted by Gasteiger charge is -2.34. The maximum Gasteiger partial charge on any atom is 0.101 e. The van der Waals surface area contributed by atoms with Crippen LogP contribution >= 0.6 is 11.6 Å².